The minimum Gasteiger partial charge on any atom is -0.489 e. The first kappa shape index (κ1) is 22.5. The van der Waals surface area contributed by atoms with Crippen LogP contribution in [0.1, 0.15) is 18.4 Å². The van der Waals surface area contributed by atoms with Crippen molar-refractivity contribution in [2.24, 2.45) is 7.05 Å². The summed E-state index contributed by atoms with van der Waals surface area (Å²) in [4.78, 5) is 19.8. The first-order chi connectivity index (χ1) is 16.6. The molecule has 3 heterocycles. The average Bonchev–Trinajstić information content (AvgIpc) is 3.47. The van der Waals surface area contributed by atoms with E-state index < -0.39 is 0 Å². The van der Waals surface area contributed by atoms with E-state index in [0.29, 0.717) is 30.0 Å². The molecule has 7 nitrogen and oxygen atoms in total. The highest BCUT2D eigenvalue weighted by Crippen LogP contribution is 2.23. The minimum atomic E-state index is -0.169. The van der Waals surface area contributed by atoms with E-state index in [2.05, 4.69) is 9.88 Å². The molecule has 1 fully saturated rings. The first-order valence-corrected chi connectivity index (χ1v) is 11.9. The van der Waals surface area contributed by atoms with Crippen LogP contribution in [0.3, 0.4) is 0 Å². The number of fused-ring (bicyclic) bond motifs is 1. The highest BCUT2D eigenvalue weighted by Gasteiger charge is 2.14. The van der Waals surface area contributed by atoms with Gasteiger partial charge in [-0.15, -0.1) is 0 Å². The molecule has 2 aromatic heterocycles. The molecule has 0 spiro atoms. The van der Waals surface area contributed by atoms with Gasteiger partial charge in [0.15, 0.2) is 0 Å². The Morgan fingerprint density at radius 1 is 1.00 bits per heavy atom. The monoisotopic (exact) mass is 478 g/mol. The number of rotatable bonds is 8. The number of ether oxygens (including phenoxy) is 2. The molecule has 0 N–H and O–H groups in total. The third-order valence-corrected chi connectivity index (χ3v) is 6.40. The third kappa shape index (κ3) is 4.95. The molecule has 1 saturated heterocycles. The fourth-order valence-corrected chi connectivity index (χ4v) is 4.34. The number of likely N-dealkylation sites (tertiary alicyclic amines) is 1. The Kier molecular flexibility index (Phi) is 6.56. The maximum absolute atomic E-state index is 12.8. The van der Waals surface area contributed by atoms with Crippen LogP contribution in [0.2, 0.25) is 5.02 Å². The van der Waals surface area contributed by atoms with Crippen LogP contribution < -0.4 is 15.0 Å². The molecule has 0 saturated carbocycles. The summed E-state index contributed by atoms with van der Waals surface area (Å²) in [6.07, 6.45) is 4.26. The highest BCUT2D eigenvalue weighted by atomic mass is 35.5. The van der Waals surface area contributed by atoms with E-state index in [-0.39, 0.29) is 5.56 Å². The molecule has 4 aromatic rings. The van der Waals surface area contributed by atoms with E-state index in [1.807, 2.05) is 54.1 Å². The number of halogens is 1. The zero-order valence-corrected chi connectivity index (χ0v) is 19.9. The van der Waals surface area contributed by atoms with Gasteiger partial charge in [-0.05, 0) is 67.9 Å². The summed E-state index contributed by atoms with van der Waals surface area (Å²) in [6, 6.07) is 17.1. The predicted octanol–water partition coefficient (Wildman–Crippen LogP) is 4.43. The molecular formula is C26H27ClN4O3. The summed E-state index contributed by atoms with van der Waals surface area (Å²) in [7, 11) is 1.93. The second kappa shape index (κ2) is 9.91. The number of benzene rings is 2. The van der Waals surface area contributed by atoms with Crippen molar-refractivity contribution in [2.45, 2.75) is 19.4 Å². The lowest BCUT2D eigenvalue weighted by Gasteiger charge is -2.14. The van der Waals surface area contributed by atoms with Crippen molar-refractivity contribution in [1.82, 2.24) is 19.0 Å². The maximum atomic E-state index is 12.8. The Morgan fingerprint density at radius 2 is 1.79 bits per heavy atom. The molecule has 0 amide bonds. The Labute approximate surface area is 203 Å². The van der Waals surface area contributed by atoms with Crippen LogP contribution in [0.15, 0.2) is 65.6 Å². The summed E-state index contributed by atoms with van der Waals surface area (Å²) in [5, 5.41) is 0.678. The standard InChI is InChI=1S/C26H27ClN4O3/c1-29-24-16-21(8-9-23(24)28-26(29)33-15-14-30-11-2-3-12-30)31-13-10-22(17-25(31)32)34-18-19-4-6-20(27)7-5-19/h4-10,13,16-17H,2-3,11-12,14-15,18H2,1H3. The van der Waals surface area contributed by atoms with Gasteiger partial charge in [-0.3, -0.25) is 18.8 Å². The van der Waals surface area contributed by atoms with Crippen molar-refractivity contribution in [3.8, 4) is 17.4 Å². The van der Waals surface area contributed by atoms with Gasteiger partial charge in [0.1, 0.15) is 19.0 Å². The van der Waals surface area contributed by atoms with Crippen LogP contribution in [0.25, 0.3) is 16.7 Å². The lowest BCUT2D eigenvalue weighted by molar-refractivity contribution is 0.221. The minimum absolute atomic E-state index is 0.169. The number of hydrogen-bond donors (Lipinski definition) is 0. The highest BCUT2D eigenvalue weighted by molar-refractivity contribution is 6.30. The number of nitrogens with zero attached hydrogens (tertiary/aromatic N) is 4. The van der Waals surface area contributed by atoms with Gasteiger partial charge < -0.3 is 9.47 Å². The molecule has 0 aliphatic carbocycles. The Morgan fingerprint density at radius 3 is 2.56 bits per heavy atom. The van der Waals surface area contributed by atoms with Crippen molar-refractivity contribution in [3.63, 3.8) is 0 Å². The number of hydrogen-bond acceptors (Lipinski definition) is 5. The molecule has 34 heavy (non-hydrogen) atoms. The van der Waals surface area contributed by atoms with E-state index in [4.69, 9.17) is 21.1 Å². The van der Waals surface area contributed by atoms with Gasteiger partial charge in [-0.1, -0.05) is 23.7 Å². The molecule has 8 heteroatoms. The molecule has 1 aliphatic rings. The van der Waals surface area contributed by atoms with Crippen LogP contribution in [-0.2, 0) is 13.7 Å². The molecular weight excluding hydrogens is 452 g/mol. The van der Waals surface area contributed by atoms with Crippen LogP contribution in [0, 0.1) is 0 Å². The number of pyridine rings is 1. The van der Waals surface area contributed by atoms with Crippen LogP contribution in [-0.4, -0.2) is 45.3 Å². The van der Waals surface area contributed by atoms with E-state index in [1.54, 1.807) is 16.8 Å². The summed E-state index contributed by atoms with van der Waals surface area (Å²) in [6.45, 7) is 4.18. The van der Waals surface area contributed by atoms with Crippen molar-refractivity contribution in [1.29, 1.82) is 0 Å². The lowest BCUT2D eigenvalue weighted by atomic mass is 10.2. The number of aromatic nitrogens is 3. The molecule has 0 radical (unpaired) electrons. The van der Waals surface area contributed by atoms with E-state index in [1.165, 1.54) is 18.9 Å². The smallest absolute Gasteiger partial charge is 0.297 e. The molecule has 5 rings (SSSR count). The van der Waals surface area contributed by atoms with Gasteiger partial charge in [-0.25, -0.2) is 0 Å². The fraction of sp³-hybridized carbons (Fsp3) is 0.308. The van der Waals surface area contributed by atoms with Crippen LogP contribution >= 0.6 is 11.6 Å². The molecule has 0 bridgehead atoms. The predicted molar refractivity (Wildman–Crippen MR) is 133 cm³/mol. The number of imidazole rings is 1. The van der Waals surface area contributed by atoms with E-state index in [9.17, 15) is 4.79 Å². The summed E-state index contributed by atoms with van der Waals surface area (Å²) in [5.41, 5.74) is 3.31. The van der Waals surface area contributed by atoms with Gasteiger partial charge in [-0.2, -0.15) is 4.98 Å². The van der Waals surface area contributed by atoms with Crippen molar-refractivity contribution in [2.75, 3.05) is 26.2 Å². The molecule has 1 aliphatic heterocycles. The third-order valence-electron chi connectivity index (χ3n) is 6.15. The Balaban J connectivity index is 1.29. The second-order valence-corrected chi connectivity index (χ2v) is 8.95. The second-order valence-electron chi connectivity index (χ2n) is 8.51. The summed E-state index contributed by atoms with van der Waals surface area (Å²) in [5.74, 6) is 0.520. The molecule has 0 atom stereocenters. The van der Waals surface area contributed by atoms with Crippen molar-refractivity contribution in [3.05, 3.63) is 81.7 Å². The van der Waals surface area contributed by atoms with Gasteiger partial charge in [0.2, 0.25) is 0 Å². The van der Waals surface area contributed by atoms with E-state index in [0.717, 1.165) is 41.9 Å². The van der Waals surface area contributed by atoms with Crippen molar-refractivity contribution >= 4 is 22.6 Å². The largest absolute Gasteiger partial charge is 0.489 e. The van der Waals surface area contributed by atoms with Crippen LogP contribution in [0.5, 0.6) is 11.8 Å². The van der Waals surface area contributed by atoms with Gasteiger partial charge in [0, 0.05) is 30.9 Å². The zero-order chi connectivity index (χ0) is 23.5. The fourth-order valence-electron chi connectivity index (χ4n) is 4.22. The SMILES string of the molecule is Cn1c(OCCN2CCCC2)nc2ccc(-n3ccc(OCc4ccc(Cl)cc4)cc3=O)cc21. The molecule has 2 aromatic carbocycles. The van der Waals surface area contributed by atoms with Crippen molar-refractivity contribution < 1.29 is 9.47 Å². The quantitative estimate of drug-likeness (QED) is 0.375. The normalized spacial score (nSPS) is 14.1. The maximum Gasteiger partial charge on any atom is 0.297 e. The van der Waals surface area contributed by atoms with E-state index >= 15 is 0 Å². The van der Waals surface area contributed by atoms with Gasteiger partial charge >= 0.3 is 0 Å². The molecule has 176 valence electrons. The van der Waals surface area contributed by atoms with Gasteiger partial charge in [0.05, 0.1) is 16.7 Å². The Bertz CT molecular complexity index is 1340. The topological polar surface area (TPSA) is 61.5 Å². The van der Waals surface area contributed by atoms with Gasteiger partial charge in [0.25, 0.3) is 11.6 Å². The number of aryl methyl sites for hydroxylation is 1. The Hall–Kier alpha value is -3.29. The summed E-state index contributed by atoms with van der Waals surface area (Å²) < 4.78 is 15.3. The zero-order valence-electron chi connectivity index (χ0n) is 19.1. The van der Waals surface area contributed by atoms with Crippen LogP contribution in [0.4, 0.5) is 0 Å². The average molecular weight is 479 g/mol. The lowest BCUT2D eigenvalue weighted by Crippen LogP contribution is -2.25. The molecule has 0 unspecified atom stereocenters. The first-order valence-electron chi connectivity index (χ1n) is 11.5. The summed E-state index contributed by atoms with van der Waals surface area (Å²) >= 11 is 5.92.